The third kappa shape index (κ3) is 2.27. The minimum atomic E-state index is 0.363. The Bertz CT molecular complexity index is 369. The quantitative estimate of drug-likeness (QED) is 0.772. The monoisotopic (exact) mass is 217 g/mol. The molecule has 1 fully saturated rings. The van der Waals surface area contributed by atoms with Gasteiger partial charge < -0.3 is 9.64 Å². The SMILES string of the molecule is C=C(c1ccc(C)cc1)N1CCC(OC)C1. The summed E-state index contributed by atoms with van der Waals surface area (Å²) in [5.41, 5.74) is 3.61. The topological polar surface area (TPSA) is 12.5 Å². The summed E-state index contributed by atoms with van der Waals surface area (Å²) in [7, 11) is 1.78. The van der Waals surface area contributed by atoms with Gasteiger partial charge in [0.25, 0.3) is 0 Å². The molecule has 0 bridgehead atoms. The van der Waals surface area contributed by atoms with E-state index in [-0.39, 0.29) is 0 Å². The molecule has 1 unspecified atom stereocenters. The van der Waals surface area contributed by atoms with Crippen molar-refractivity contribution in [3.63, 3.8) is 0 Å². The lowest BCUT2D eigenvalue weighted by Gasteiger charge is -2.21. The highest BCUT2D eigenvalue weighted by Gasteiger charge is 2.23. The van der Waals surface area contributed by atoms with Gasteiger partial charge in [0.15, 0.2) is 0 Å². The van der Waals surface area contributed by atoms with Crippen molar-refractivity contribution in [3.8, 4) is 0 Å². The summed E-state index contributed by atoms with van der Waals surface area (Å²) in [5, 5.41) is 0. The fraction of sp³-hybridized carbons (Fsp3) is 0.429. The Morgan fingerprint density at radius 2 is 2.06 bits per heavy atom. The maximum absolute atomic E-state index is 5.36. The van der Waals surface area contributed by atoms with Crippen molar-refractivity contribution in [3.05, 3.63) is 42.0 Å². The van der Waals surface area contributed by atoms with Crippen LogP contribution in [0.3, 0.4) is 0 Å². The summed E-state index contributed by atoms with van der Waals surface area (Å²) in [6.07, 6.45) is 1.46. The molecule has 2 rings (SSSR count). The van der Waals surface area contributed by atoms with Gasteiger partial charge in [-0.1, -0.05) is 36.4 Å². The van der Waals surface area contributed by atoms with Crippen LogP contribution in [0.2, 0.25) is 0 Å². The lowest BCUT2D eigenvalue weighted by Crippen LogP contribution is -2.20. The third-order valence-corrected chi connectivity index (χ3v) is 3.24. The van der Waals surface area contributed by atoms with E-state index >= 15 is 0 Å². The second-order valence-corrected chi connectivity index (χ2v) is 4.41. The fourth-order valence-electron chi connectivity index (χ4n) is 2.09. The highest BCUT2D eigenvalue weighted by molar-refractivity contribution is 5.62. The number of benzene rings is 1. The molecule has 16 heavy (non-hydrogen) atoms. The van der Waals surface area contributed by atoms with Crippen molar-refractivity contribution < 1.29 is 4.74 Å². The predicted molar refractivity (Wildman–Crippen MR) is 67.2 cm³/mol. The Morgan fingerprint density at radius 1 is 1.38 bits per heavy atom. The van der Waals surface area contributed by atoms with Gasteiger partial charge in [-0.2, -0.15) is 0 Å². The van der Waals surface area contributed by atoms with Gasteiger partial charge in [0, 0.05) is 25.9 Å². The molecule has 0 aliphatic carbocycles. The van der Waals surface area contributed by atoms with Crippen LogP contribution in [-0.2, 0) is 4.74 Å². The van der Waals surface area contributed by atoms with Crippen molar-refractivity contribution in [2.75, 3.05) is 20.2 Å². The maximum atomic E-state index is 5.36. The van der Waals surface area contributed by atoms with Gasteiger partial charge in [-0.3, -0.25) is 0 Å². The normalized spacial score (nSPS) is 20.1. The molecule has 1 saturated heterocycles. The van der Waals surface area contributed by atoms with E-state index in [0.29, 0.717) is 6.10 Å². The molecule has 0 amide bonds. The highest BCUT2D eigenvalue weighted by Crippen LogP contribution is 2.23. The number of aryl methyl sites for hydroxylation is 1. The smallest absolute Gasteiger partial charge is 0.0762 e. The second kappa shape index (κ2) is 4.71. The Labute approximate surface area is 97.5 Å². The van der Waals surface area contributed by atoms with E-state index in [1.165, 1.54) is 11.1 Å². The zero-order chi connectivity index (χ0) is 11.5. The van der Waals surface area contributed by atoms with E-state index in [0.717, 1.165) is 25.2 Å². The van der Waals surface area contributed by atoms with Gasteiger partial charge in [-0.15, -0.1) is 0 Å². The van der Waals surface area contributed by atoms with E-state index in [1.807, 2.05) is 0 Å². The first-order valence-electron chi connectivity index (χ1n) is 5.74. The van der Waals surface area contributed by atoms with E-state index in [4.69, 9.17) is 4.74 Å². The lowest BCUT2D eigenvalue weighted by atomic mass is 10.1. The summed E-state index contributed by atoms with van der Waals surface area (Å²) in [6.45, 7) is 8.28. The first-order chi connectivity index (χ1) is 7.70. The van der Waals surface area contributed by atoms with E-state index in [2.05, 4.69) is 42.7 Å². The summed E-state index contributed by atoms with van der Waals surface area (Å²) in [6, 6.07) is 8.53. The van der Waals surface area contributed by atoms with Gasteiger partial charge >= 0.3 is 0 Å². The molecule has 2 heteroatoms. The Balaban J connectivity index is 2.05. The number of nitrogens with zero attached hydrogens (tertiary/aromatic N) is 1. The van der Waals surface area contributed by atoms with Crippen LogP contribution in [0.5, 0.6) is 0 Å². The number of ether oxygens (including phenoxy) is 1. The van der Waals surface area contributed by atoms with Gasteiger partial charge in [0.05, 0.1) is 6.10 Å². The number of hydrogen-bond acceptors (Lipinski definition) is 2. The lowest BCUT2D eigenvalue weighted by molar-refractivity contribution is 0.113. The third-order valence-electron chi connectivity index (χ3n) is 3.24. The van der Waals surface area contributed by atoms with Crippen molar-refractivity contribution in [2.24, 2.45) is 0 Å². The Morgan fingerprint density at radius 3 is 2.62 bits per heavy atom. The molecular weight excluding hydrogens is 198 g/mol. The molecule has 0 radical (unpaired) electrons. The van der Waals surface area contributed by atoms with Crippen LogP contribution in [0.15, 0.2) is 30.8 Å². The van der Waals surface area contributed by atoms with Gasteiger partial charge in [-0.05, 0) is 18.9 Å². The summed E-state index contributed by atoms with van der Waals surface area (Å²) in [5.74, 6) is 0. The maximum Gasteiger partial charge on any atom is 0.0762 e. The van der Waals surface area contributed by atoms with E-state index in [1.54, 1.807) is 7.11 Å². The number of hydrogen-bond donors (Lipinski definition) is 0. The largest absolute Gasteiger partial charge is 0.380 e. The predicted octanol–water partition coefficient (Wildman–Crippen LogP) is 2.69. The molecular formula is C14H19NO. The molecule has 0 saturated carbocycles. The molecule has 86 valence electrons. The van der Waals surface area contributed by atoms with Crippen LogP contribution in [0.1, 0.15) is 17.5 Å². The summed E-state index contributed by atoms with van der Waals surface area (Å²) in [4.78, 5) is 2.30. The molecule has 1 atom stereocenters. The van der Waals surface area contributed by atoms with Crippen molar-refractivity contribution in [2.45, 2.75) is 19.4 Å². The Kier molecular flexibility index (Phi) is 3.30. The van der Waals surface area contributed by atoms with Crippen LogP contribution >= 0.6 is 0 Å². The summed E-state index contributed by atoms with van der Waals surface area (Å²) >= 11 is 0. The molecule has 1 aliphatic rings. The van der Waals surface area contributed by atoms with Gasteiger partial charge in [-0.25, -0.2) is 0 Å². The average molecular weight is 217 g/mol. The molecule has 1 heterocycles. The summed E-state index contributed by atoms with van der Waals surface area (Å²) < 4.78 is 5.36. The Hall–Kier alpha value is -1.28. The zero-order valence-corrected chi connectivity index (χ0v) is 10.1. The van der Waals surface area contributed by atoms with Gasteiger partial charge in [0.2, 0.25) is 0 Å². The molecule has 0 aromatic heterocycles. The standard InChI is InChI=1S/C14H19NO/c1-11-4-6-13(7-5-11)12(2)15-9-8-14(10-15)16-3/h4-7,14H,2,8-10H2,1,3H3. The molecule has 1 aromatic carbocycles. The molecule has 0 spiro atoms. The molecule has 0 N–H and O–H groups in total. The van der Waals surface area contributed by atoms with Gasteiger partial charge in [0.1, 0.15) is 0 Å². The molecule has 1 aromatic rings. The van der Waals surface area contributed by atoms with Crippen molar-refractivity contribution in [1.29, 1.82) is 0 Å². The van der Waals surface area contributed by atoms with Crippen LogP contribution in [0, 0.1) is 6.92 Å². The number of likely N-dealkylation sites (tertiary alicyclic amines) is 1. The first-order valence-corrected chi connectivity index (χ1v) is 5.74. The molecule has 1 aliphatic heterocycles. The van der Waals surface area contributed by atoms with Crippen LogP contribution < -0.4 is 0 Å². The minimum absolute atomic E-state index is 0.363. The van der Waals surface area contributed by atoms with Crippen LogP contribution in [-0.4, -0.2) is 31.2 Å². The highest BCUT2D eigenvalue weighted by atomic mass is 16.5. The number of rotatable bonds is 3. The number of methoxy groups -OCH3 is 1. The second-order valence-electron chi connectivity index (χ2n) is 4.41. The molecule has 2 nitrogen and oxygen atoms in total. The fourth-order valence-corrected chi connectivity index (χ4v) is 2.09. The first kappa shape index (κ1) is 11.2. The van der Waals surface area contributed by atoms with E-state index in [9.17, 15) is 0 Å². The van der Waals surface area contributed by atoms with Crippen molar-refractivity contribution >= 4 is 5.70 Å². The average Bonchev–Trinajstić information content (AvgIpc) is 2.77. The minimum Gasteiger partial charge on any atom is -0.380 e. The van der Waals surface area contributed by atoms with Crippen LogP contribution in [0.25, 0.3) is 5.70 Å². The van der Waals surface area contributed by atoms with E-state index < -0.39 is 0 Å². The van der Waals surface area contributed by atoms with Crippen LogP contribution in [0.4, 0.5) is 0 Å². The zero-order valence-electron chi connectivity index (χ0n) is 10.1. The van der Waals surface area contributed by atoms with Crippen molar-refractivity contribution in [1.82, 2.24) is 4.90 Å².